The Morgan fingerprint density at radius 3 is 2.89 bits per heavy atom. The first-order valence-corrected chi connectivity index (χ1v) is 6.28. The molecule has 0 fully saturated rings. The van der Waals surface area contributed by atoms with E-state index in [4.69, 9.17) is 16.3 Å². The molecule has 2 rings (SSSR count). The first kappa shape index (κ1) is 13.4. The molecule has 0 aliphatic heterocycles. The third-order valence-electron chi connectivity index (χ3n) is 2.43. The van der Waals surface area contributed by atoms with E-state index < -0.39 is 0 Å². The summed E-state index contributed by atoms with van der Waals surface area (Å²) in [5, 5.41) is 6.79. The van der Waals surface area contributed by atoms with Crippen LogP contribution in [0.25, 0.3) is 0 Å². The standard InChI is InChI=1S/C13H15ClN4O/c1-3-15-13-16-7-6-12(18-13)17-11-8-9(19-2)4-5-10(11)14/h4-8H,3H2,1-2H3,(H2,15,16,17,18). The van der Waals surface area contributed by atoms with Crippen LogP contribution in [0.1, 0.15) is 6.92 Å². The Labute approximate surface area is 117 Å². The molecule has 100 valence electrons. The van der Waals surface area contributed by atoms with Gasteiger partial charge in [0.15, 0.2) is 0 Å². The number of rotatable bonds is 5. The number of aromatic nitrogens is 2. The van der Waals surface area contributed by atoms with Gasteiger partial charge in [-0.3, -0.25) is 0 Å². The van der Waals surface area contributed by atoms with Crippen LogP contribution in [0, 0.1) is 0 Å². The summed E-state index contributed by atoms with van der Waals surface area (Å²) in [4.78, 5) is 8.43. The molecule has 0 amide bonds. The summed E-state index contributed by atoms with van der Waals surface area (Å²) in [6.45, 7) is 2.76. The number of nitrogens with zero attached hydrogens (tertiary/aromatic N) is 2. The van der Waals surface area contributed by atoms with Gasteiger partial charge in [0.25, 0.3) is 0 Å². The first-order valence-electron chi connectivity index (χ1n) is 5.90. The van der Waals surface area contributed by atoms with Gasteiger partial charge in [-0.2, -0.15) is 4.98 Å². The van der Waals surface area contributed by atoms with Crippen LogP contribution >= 0.6 is 11.6 Å². The normalized spacial score (nSPS) is 10.1. The Kier molecular flexibility index (Phi) is 4.41. The monoisotopic (exact) mass is 278 g/mol. The lowest BCUT2D eigenvalue weighted by Crippen LogP contribution is -2.03. The van der Waals surface area contributed by atoms with Gasteiger partial charge in [-0.25, -0.2) is 4.98 Å². The van der Waals surface area contributed by atoms with Crippen molar-refractivity contribution in [3.8, 4) is 5.75 Å². The van der Waals surface area contributed by atoms with Crippen molar-refractivity contribution in [2.45, 2.75) is 6.92 Å². The van der Waals surface area contributed by atoms with Crippen molar-refractivity contribution in [1.29, 1.82) is 0 Å². The number of methoxy groups -OCH3 is 1. The van der Waals surface area contributed by atoms with Crippen LogP contribution < -0.4 is 15.4 Å². The summed E-state index contributed by atoms with van der Waals surface area (Å²) >= 11 is 6.13. The van der Waals surface area contributed by atoms with E-state index in [0.717, 1.165) is 18.0 Å². The molecule has 0 atom stereocenters. The maximum Gasteiger partial charge on any atom is 0.224 e. The number of ether oxygens (including phenoxy) is 1. The van der Waals surface area contributed by atoms with Gasteiger partial charge in [-0.1, -0.05) is 11.6 Å². The molecule has 0 saturated heterocycles. The van der Waals surface area contributed by atoms with Crippen LogP contribution in [-0.2, 0) is 0 Å². The lowest BCUT2D eigenvalue weighted by atomic mass is 10.3. The molecule has 2 aromatic rings. The maximum absolute atomic E-state index is 6.13. The van der Waals surface area contributed by atoms with Crippen molar-refractivity contribution in [3.05, 3.63) is 35.5 Å². The molecule has 1 aromatic heterocycles. The number of benzene rings is 1. The molecule has 5 nitrogen and oxygen atoms in total. The fraction of sp³-hybridized carbons (Fsp3) is 0.231. The van der Waals surface area contributed by atoms with E-state index in [-0.39, 0.29) is 0 Å². The average Bonchev–Trinajstić information content (AvgIpc) is 2.42. The van der Waals surface area contributed by atoms with Crippen molar-refractivity contribution in [2.24, 2.45) is 0 Å². The van der Waals surface area contributed by atoms with E-state index in [1.165, 1.54) is 0 Å². The van der Waals surface area contributed by atoms with Crippen molar-refractivity contribution >= 4 is 29.1 Å². The second kappa shape index (κ2) is 6.24. The third kappa shape index (κ3) is 3.48. The van der Waals surface area contributed by atoms with E-state index in [0.29, 0.717) is 16.8 Å². The van der Waals surface area contributed by atoms with E-state index >= 15 is 0 Å². The molecule has 6 heteroatoms. The van der Waals surface area contributed by atoms with Crippen LogP contribution in [0.4, 0.5) is 17.5 Å². The second-order valence-electron chi connectivity index (χ2n) is 3.77. The van der Waals surface area contributed by atoms with Crippen molar-refractivity contribution in [1.82, 2.24) is 9.97 Å². The Morgan fingerprint density at radius 1 is 1.32 bits per heavy atom. The summed E-state index contributed by atoms with van der Waals surface area (Å²) in [5.74, 6) is 1.97. The van der Waals surface area contributed by atoms with Gasteiger partial charge in [-0.05, 0) is 25.1 Å². The summed E-state index contributed by atoms with van der Waals surface area (Å²) < 4.78 is 5.17. The van der Waals surface area contributed by atoms with Crippen LogP contribution in [0.15, 0.2) is 30.5 Å². The molecule has 1 aromatic carbocycles. The van der Waals surface area contributed by atoms with E-state index in [1.807, 2.05) is 13.0 Å². The number of anilines is 3. The highest BCUT2D eigenvalue weighted by Gasteiger charge is 2.04. The zero-order chi connectivity index (χ0) is 13.7. The molecule has 0 bridgehead atoms. The minimum atomic E-state index is 0.575. The summed E-state index contributed by atoms with van der Waals surface area (Å²) in [7, 11) is 1.61. The van der Waals surface area contributed by atoms with Gasteiger partial charge in [-0.15, -0.1) is 0 Å². The Hall–Kier alpha value is -2.01. The van der Waals surface area contributed by atoms with E-state index in [1.54, 1.807) is 31.5 Å². The molecular weight excluding hydrogens is 264 g/mol. The molecule has 0 spiro atoms. The Bertz CT molecular complexity index is 562. The van der Waals surface area contributed by atoms with Gasteiger partial charge < -0.3 is 15.4 Å². The van der Waals surface area contributed by atoms with Crippen LogP contribution in [-0.4, -0.2) is 23.6 Å². The smallest absolute Gasteiger partial charge is 0.224 e. The highest BCUT2D eigenvalue weighted by atomic mass is 35.5. The van der Waals surface area contributed by atoms with E-state index in [2.05, 4.69) is 20.6 Å². The SMILES string of the molecule is CCNc1nccc(Nc2cc(OC)ccc2Cl)n1. The minimum absolute atomic E-state index is 0.575. The average molecular weight is 279 g/mol. The molecule has 0 unspecified atom stereocenters. The van der Waals surface area contributed by atoms with Crippen LogP contribution in [0.3, 0.4) is 0 Å². The number of hydrogen-bond donors (Lipinski definition) is 2. The van der Waals surface area contributed by atoms with Crippen LogP contribution in [0.5, 0.6) is 5.75 Å². The molecule has 0 aliphatic rings. The highest BCUT2D eigenvalue weighted by molar-refractivity contribution is 6.33. The molecule has 0 aliphatic carbocycles. The second-order valence-corrected chi connectivity index (χ2v) is 4.17. The molecule has 19 heavy (non-hydrogen) atoms. The predicted molar refractivity (Wildman–Crippen MR) is 77.5 cm³/mol. The lowest BCUT2D eigenvalue weighted by Gasteiger charge is -2.10. The summed E-state index contributed by atoms with van der Waals surface area (Å²) in [5.41, 5.74) is 0.738. The summed E-state index contributed by atoms with van der Waals surface area (Å²) in [6, 6.07) is 7.17. The van der Waals surface area contributed by atoms with Gasteiger partial charge in [0, 0.05) is 18.8 Å². The Morgan fingerprint density at radius 2 is 2.16 bits per heavy atom. The third-order valence-corrected chi connectivity index (χ3v) is 2.76. The zero-order valence-corrected chi connectivity index (χ0v) is 11.5. The molecule has 0 saturated carbocycles. The summed E-state index contributed by atoms with van der Waals surface area (Å²) in [6.07, 6.45) is 1.68. The quantitative estimate of drug-likeness (QED) is 0.879. The lowest BCUT2D eigenvalue weighted by molar-refractivity contribution is 0.415. The first-order chi connectivity index (χ1) is 9.22. The molecular formula is C13H15ClN4O. The zero-order valence-electron chi connectivity index (χ0n) is 10.8. The fourth-order valence-electron chi connectivity index (χ4n) is 1.54. The van der Waals surface area contributed by atoms with Gasteiger partial charge in [0.2, 0.25) is 5.95 Å². The fourth-order valence-corrected chi connectivity index (χ4v) is 1.70. The van der Waals surface area contributed by atoms with Gasteiger partial charge in [0.1, 0.15) is 11.6 Å². The topological polar surface area (TPSA) is 59.1 Å². The largest absolute Gasteiger partial charge is 0.497 e. The number of hydrogen-bond acceptors (Lipinski definition) is 5. The number of halogens is 1. The van der Waals surface area contributed by atoms with Gasteiger partial charge >= 0.3 is 0 Å². The maximum atomic E-state index is 6.13. The van der Waals surface area contributed by atoms with Crippen LogP contribution in [0.2, 0.25) is 5.02 Å². The molecule has 0 radical (unpaired) electrons. The Balaban J connectivity index is 2.22. The van der Waals surface area contributed by atoms with E-state index in [9.17, 15) is 0 Å². The molecule has 1 heterocycles. The van der Waals surface area contributed by atoms with Crippen molar-refractivity contribution < 1.29 is 4.74 Å². The van der Waals surface area contributed by atoms with Gasteiger partial charge in [0.05, 0.1) is 17.8 Å². The number of nitrogens with one attached hydrogen (secondary N) is 2. The molecule has 2 N–H and O–H groups in total. The van der Waals surface area contributed by atoms with Crippen molar-refractivity contribution in [2.75, 3.05) is 24.3 Å². The highest BCUT2D eigenvalue weighted by Crippen LogP contribution is 2.28. The predicted octanol–water partition coefficient (Wildman–Crippen LogP) is 3.31. The van der Waals surface area contributed by atoms with Crippen molar-refractivity contribution in [3.63, 3.8) is 0 Å². The minimum Gasteiger partial charge on any atom is -0.497 e.